The molecule has 1 N–H and O–H groups in total. The van der Waals surface area contributed by atoms with Gasteiger partial charge in [0.25, 0.3) is 5.91 Å². The SMILES string of the molecule is C[C@@H](NC(=O)c1ccccc1Oc1ccccc1)c1nc(-c2cccc(F)c2)no1. The number of benzene rings is 3. The fraction of sp³-hybridized carbons (Fsp3) is 0.0870. The minimum absolute atomic E-state index is 0.212. The van der Waals surface area contributed by atoms with E-state index in [0.717, 1.165) is 0 Å². The van der Waals surface area contributed by atoms with Crippen LogP contribution in [-0.2, 0) is 0 Å². The Morgan fingerprint density at radius 2 is 1.80 bits per heavy atom. The molecule has 0 unspecified atom stereocenters. The van der Waals surface area contributed by atoms with Crippen LogP contribution in [0.3, 0.4) is 0 Å². The lowest BCUT2D eigenvalue weighted by molar-refractivity contribution is 0.0930. The first-order valence-corrected chi connectivity index (χ1v) is 9.32. The molecule has 3 aromatic carbocycles. The van der Waals surface area contributed by atoms with E-state index in [1.165, 1.54) is 12.1 Å². The molecule has 1 atom stereocenters. The van der Waals surface area contributed by atoms with Gasteiger partial charge in [0, 0.05) is 5.56 Å². The monoisotopic (exact) mass is 403 g/mol. The van der Waals surface area contributed by atoms with Crippen molar-refractivity contribution in [1.29, 1.82) is 0 Å². The van der Waals surface area contributed by atoms with Crippen molar-refractivity contribution in [2.24, 2.45) is 0 Å². The summed E-state index contributed by atoms with van der Waals surface area (Å²) in [5, 5.41) is 6.70. The molecule has 0 saturated carbocycles. The fourth-order valence-electron chi connectivity index (χ4n) is 2.85. The molecule has 0 radical (unpaired) electrons. The van der Waals surface area contributed by atoms with Crippen LogP contribution in [-0.4, -0.2) is 16.0 Å². The van der Waals surface area contributed by atoms with Gasteiger partial charge in [0.15, 0.2) is 0 Å². The largest absolute Gasteiger partial charge is 0.457 e. The van der Waals surface area contributed by atoms with Crippen LogP contribution in [0.2, 0.25) is 0 Å². The number of carbonyl (C=O) groups is 1. The highest BCUT2D eigenvalue weighted by atomic mass is 19.1. The van der Waals surface area contributed by atoms with Crippen LogP contribution in [0.15, 0.2) is 83.4 Å². The van der Waals surface area contributed by atoms with Crippen molar-refractivity contribution in [3.8, 4) is 22.9 Å². The quantitative estimate of drug-likeness (QED) is 0.481. The number of hydrogen-bond acceptors (Lipinski definition) is 5. The van der Waals surface area contributed by atoms with E-state index in [-0.39, 0.29) is 17.6 Å². The third-order valence-corrected chi connectivity index (χ3v) is 4.35. The van der Waals surface area contributed by atoms with E-state index < -0.39 is 11.9 Å². The second kappa shape index (κ2) is 8.57. The second-order valence-electron chi connectivity index (χ2n) is 6.57. The van der Waals surface area contributed by atoms with Crippen LogP contribution in [0, 0.1) is 5.82 Å². The number of halogens is 1. The van der Waals surface area contributed by atoms with Crippen molar-refractivity contribution in [2.75, 3.05) is 0 Å². The van der Waals surface area contributed by atoms with Crippen molar-refractivity contribution in [2.45, 2.75) is 13.0 Å². The van der Waals surface area contributed by atoms with Gasteiger partial charge in [0.2, 0.25) is 11.7 Å². The van der Waals surface area contributed by atoms with Crippen molar-refractivity contribution in [3.05, 3.63) is 96.1 Å². The number of nitrogens with one attached hydrogen (secondary N) is 1. The van der Waals surface area contributed by atoms with Gasteiger partial charge in [-0.25, -0.2) is 4.39 Å². The van der Waals surface area contributed by atoms with Gasteiger partial charge < -0.3 is 14.6 Å². The minimum atomic E-state index is -0.558. The van der Waals surface area contributed by atoms with E-state index in [1.54, 1.807) is 43.3 Å². The Morgan fingerprint density at radius 1 is 1.03 bits per heavy atom. The van der Waals surface area contributed by atoms with Crippen LogP contribution in [0.1, 0.15) is 29.2 Å². The Balaban J connectivity index is 1.49. The zero-order valence-corrected chi connectivity index (χ0v) is 16.1. The van der Waals surface area contributed by atoms with Gasteiger partial charge in [-0.05, 0) is 43.3 Å². The molecule has 0 aliphatic heterocycles. The van der Waals surface area contributed by atoms with Crippen molar-refractivity contribution in [3.63, 3.8) is 0 Å². The smallest absolute Gasteiger partial charge is 0.255 e. The summed E-state index contributed by atoms with van der Waals surface area (Å²) in [4.78, 5) is 17.1. The van der Waals surface area contributed by atoms with Crippen molar-refractivity contribution in [1.82, 2.24) is 15.5 Å². The number of carbonyl (C=O) groups excluding carboxylic acids is 1. The third-order valence-electron chi connectivity index (χ3n) is 4.35. The standard InChI is InChI=1S/C23H18FN3O3/c1-15(23-26-21(27-30-23)16-8-7-9-17(24)14-16)25-22(28)19-12-5-6-13-20(19)29-18-10-3-2-4-11-18/h2-15H,1H3,(H,25,28)/t15-/m1/s1. The van der Waals surface area contributed by atoms with E-state index >= 15 is 0 Å². The number of rotatable bonds is 6. The number of para-hydroxylation sites is 2. The second-order valence-corrected chi connectivity index (χ2v) is 6.57. The topological polar surface area (TPSA) is 77.2 Å². The molecule has 6 nitrogen and oxygen atoms in total. The van der Waals surface area contributed by atoms with Gasteiger partial charge in [-0.15, -0.1) is 0 Å². The molecule has 0 spiro atoms. The molecule has 0 saturated heterocycles. The zero-order chi connectivity index (χ0) is 20.9. The lowest BCUT2D eigenvalue weighted by atomic mass is 10.1. The first-order valence-electron chi connectivity index (χ1n) is 9.32. The van der Waals surface area contributed by atoms with E-state index in [2.05, 4.69) is 15.5 Å². The van der Waals surface area contributed by atoms with Crippen molar-refractivity contribution < 1.29 is 18.4 Å². The predicted molar refractivity (Wildman–Crippen MR) is 109 cm³/mol. The minimum Gasteiger partial charge on any atom is -0.457 e. The number of hydrogen-bond donors (Lipinski definition) is 1. The first kappa shape index (κ1) is 19.3. The van der Waals surface area contributed by atoms with Crippen LogP contribution >= 0.6 is 0 Å². The van der Waals surface area contributed by atoms with Gasteiger partial charge in [0.05, 0.1) is 5.56 Å². The van der Waals surface area contributed by atoms with Gasteiger partial charge in [-0.1, -0.05) is 47.6 Å². The Bertz CT molecular complexity index is 1160. The number of ether oxygens (including phenoxy) is 1. The summed E-state index contributed by atoms with van der Waals surface area (Å²) in [7, 11) is 0. The molecule has 1 aromatic heterocycles. The highest BCUT2D eigenvalue weighted by Gasteiger charge is 2.20. The summed E-state index contributed by atoms with van der Waals surface area (Å²) < 4.78 is 24.5. The molecule has 0 bridgehead atoms. The van der Waals surface area contributed by atoms with E-state index in [4.69, 9.17) is 9.26 Å². The summed E-state index contributed by atoms with van der Waals surface area (Å²) in [6.45, 7) is 1.72. The molecule has 4 aromatic rings. The van der Waals surface area contributed by atoms with Crippen LogP contribution in [0.25, 0.3) is 11.4 Å². The van der Waals surface area contributed by atoms with Crippen LogP contribution in [0.4, 0.5) is 4.39 Å². The maximum Gasteiger partial charge on any atom is 0.255 e. The summed E-state index contributed by atoms with van der Waals surface area (Å²) in [6.07, 6.45) is 0. The van der Waals surface area contributed by atoms with Crippen LogP contribution < -0.4 is 10.1 Å². The van der Waals surface area contributed by atoms with Crippen LogP contribution in [0.5, 0.6) is 11.5 Å². The first-order chi connectivity index (χ1) is 14.6. The normalized spacial score (nSPS) is 11.7. The van der Waals surface area contributed by atoms with Gasteiger partial charge in [0.1, 0.15) is 23.4 Å². The average Bonchev–Trinajstić information content (AvgIpc) is 3.25. The van der Waals surface area contributed by atoms with Gasteiger partial charge in [-0.2, -0.15) is 4.98 Å². The van der Waals surface area contributed by atoms with E-state index in [1.807, 2.05) is 30.3 Å². The highest BCUT2D eigenvalue weighted by Crippen LogP contribution is 2.26. The Labute approximate surface area is 172 Å². The summed E-state index contributed by atoms with van der Waals surface area (Å²) in [5.74, 6) is 0.777. The lowest BCUT2D eigenvalue weighted by Gasteiger charge is -2.13. The molecule has 30 heavy (non-hydrogen) atoms. The average molecular weight is 403 g/mol. The van der Waals surface area contributed by atoms with Gasteiger partial charge in [-0.3, -0.25) is 4.79 Å². The summed E-state index contributed by atoms with van der Waals surface area (Å²) in [5.41, 5.74) is 0.864. The van der Waals surface area contributed by atoms with E-state index in [9.17, 15) is 9.18 Å². The van der Waals surface area contributed by atoms with Crippen molar-refractivity contribution >= 4 is 5.91 Å². The Morgan fingerprint density at radius 3 is 2.60 bits per heavy atom. The van der Waals surface area contributed by atoms with E-state index in [0.29, 0.717) is 22.6 Å². The number of amides is 1. The Kier molecular flexibility index (Phi) is 5.52. The molecule has 150 valence electrons. The maximum atomic E-state index is 13.4. The number of nitrogens with zero attached hydrogens (tertiary/aromatic N) is 2. The highest BCUT2D eigenvalue weighted by molar-refractivity contribution is 5.97. The molecule has 0 aliphatic rings. The number of aromatic nitrogens is 2. The molecular weight excluding hydrogens is 385 g/mol. The molecule has 0 aliphatic carbocycles. The molecule has 4 rings (SSSR count). The fourth-order valence-corrected chi connectivity index (χ4v) is 2.85. The summed E-state index contributed by atoms with van der Waals surface area (Å²) in [6, 6.07) is 21.5. The Hall–Kier alpha value is -4.00. The molecule has 0 fully saturated rings. The lowest BCUT2D eigenvalue weighted by Crippen LogP contribution is -2.27. The summed E-state index contributed by atoms with van der Waals surface area (Å²) >= 11 is 0. The maximum absolute atomic E-state index is 13.4. The molecule has 7 heteroatoms. The zero-order valence-electron chi connectivity index (χ0n) is 16.1. The predicted octanol–water partition coefficient (Wildman–Crippen LogP) is 5.16. The molecule has 1 amide bonds. The molecule has 1 heterocycles. The molecular formula is C23H18FN3O3. The third kappa shape index (κ3) is 4.35. The van der Waals surface area contributed by atoms with Gasteiger partial charge >= 0.3 is 0 Å².